The third-order valence-electron chi connectivity index (χ3n) is 1.66. The lowest BCUT2D eigenvalue weighted by Crippen LogP contribution is -2.01. The van der Waals surface area contributed by atoms with E-state index in [0.717, 1.165) is 0 Å². The fraction of sp³-hybridized carbons (Fsp3) is 0.333. The highest BCUT2D eigenvalue weighted by atomic mass is 16.4. The molecule has 0 aliphatic rings. The zero-order valence-corrected chi connectivity index (χ0v) is 8.80. The molecular formula is C9H12N4O2. The molecule has 0 amide bonds. The molecule has 2 aromatic heterocycles. The maximum Gasteiger partial charge on any atom is 0.337 e. The highest BCUT2D eigenvalue weighted by Crippen LogP contribution is 2.03. The highest BCUT2D eigenvalue weighted by molar-refractivity contribution is 5.88. The van der Waals surface area contributed by atoms with Crippen molar-refractivity contribution in [1.82, 2.24) is 19.8 Å². The van der Waals surface area contributed by atoms with Crippen LogP contribution in [0.25, 0.3) is 5.65 Å². The molecule has 6 heteroatoms. The van der Waals surface area contributed by atoms with E-state index in [1.165, 1.54) is 16.8 Å². The van der Waals surface area contributed by atoms with Crippen LogP contribution in [-0.2, 0) is 0 Å². The lowest BCUT2D eigenvalue weighted by molar-refractivity contribution is 0.0696. The van der Waals surface area contributed by atoms with E-state index in [-0.39, 0.29) is 5.56 Å². The van der Waals surface area contributed by atoms with Crippen LogP contribution in [0.3, 0.4) is 0 Å². The Hall–Kier alpha value is -1.98. The summed E-state index contributed by atoms with van der Waals surface area (Å²) in [7, 11) is 0. The number of carboxylic acids is 1. The van der Waals surface area contributed by atoms with Crippen molar-refractivity contribution >= 4 is 11.6 Å². The van der Waals surface area contributed by atoms with Crippen LogP contribution in [0, 0.1) is 6.92 Å². The summed E-state index contributed by atoms with van der Waals surface area (Å²) in [6, 6.07) is 1.43. The van der Waals surface area contributed by atoms with Crippen molar-refractivity contribution in [2.24, 2.45) is 0 Å². The molecule has 0 aromatic carbocycles. The Balaban J connectivity index is 0.000000531. The first-order valence-electron chi connectivity index (χ1n) is 4.60. The maximum absolute atomic E-state index is 10.6. The predicted octanol–water partition coefficient (Wildman–Crippen LogP) is 1.16. The lowest BCUT2D eigenvalue weighted by Gasteiger charge is -1.94. The first kappa shape index (κ1) is 11.1. The van der Waals surface area contributed by atoms with Gasteiger partial charge in [0.25, 0.3) is 0 Å². The van der Waals surface area contributed by atoms with E-state index in [1.807, 2.05) is 13.8 Å². The van der Waals surface area contributed by atoms with Crippen molar-refractivity contribution in [3.8, 4) is 0 Å². The molecule has 0 unspecified atom stereocenters. The molecule has 0 aliphatic carbocycles. The molecule has 6 nitrogen and oxygen atoms in total. The topological polar surface area (TPSA) is 80.4 Å². The summed E-state index contributed by atoms with van der Waals surface area (Å²) < 4.78 is 1.48. The van der Waals surface area contributed by atoms with Crippen LogP contribution in [0.15, 0.2) is 12.3 Å². The van der Waals surface area contributed by atoms with Gasteiger partial charge in [-0.15, -0.1) is 10.2 Å². The quantitative estimate of drug-likeness (QED) is 0.760. The van der Waals surface area contributed by atoms with Gasteiger partial charge in [0, 0.05) is 6.07 Å². The second-order valence-corrected chi connectivity index (χ2v) is 2.57. The van der Waals surface area contributed by atoms with Gasteiger partial charge >= 0.3 is 5.97 Å². The largest absolute Gasteiger partial charge is 0.478 e. The summed E-state index contributed by atoms with van der Waals surface area (Å²) in [6.45, 7) is 5.74. The van der Waals surface area contributed by atoms with E-state index in [9.17, 15) is 4.79 Å². The summed E-state index contributed by atoms with van der Waals surface area (Å²) >= 11 is 0. The Morgan fingerprint density at radius 3 is 2.67 bits per heavy atom. The van der Waals surface area contributed by atoms with Gasteiger partial charge in [-0.25, -0.2) is 4.79 Å². The Labute approximate surface area is 86.6 Å². The molecule has 0 bridgehead atoms. The normalized spacial score (nSPS) is 9.53. The van der Waals surface area contributed by atoms with Crippen LogP contribution < -0.4 is 0 Å². The fourth-order valence-electron chi connectivity index (χ4n) is 1.02. The minimum absolute atomic E-state index is 0.111. The van der Waals surface area contributed by atoms with Crippen LogP contribution in [0.4, 0.5) is 0 Å². The molecule has 0 saturated heterocycles. The summed E-state index contributed by atoms with van der Waals surface area (Å²) in [5, 5.41) is 20.0. The zero-order chi connectivity index (χ0) is 11.4. The molecule has 2 aromatic rings. The number of aryl methyl sites for hydroxylation is 1. The van der Waals surface area contributed by atoms with Gasteiger partial charge in [0.2, 0.25) is 0 Å². The third kappa shape index (κ3) is 2.09. The number of fused-ring (bicyclic) bond motifs is 1. The van der Waals surface area contributed by atoms with Gasteiger partial charge in [-0.05, 0) is 6.92 Å². The van der Waals surface area contributed by atoms with Crippen LogP contribution in [0.2, 0.25) is 0 Å². The van der Waals surface area contributed by atoms with Crippen molar-refractivity contribution in [1.29, 1.82) is 0 Å². The van der Waals surface area contributed by atoms with Crippen molar-refractivity contribution in [3.05, 3.63) is 23.7 Å². The molecule has 2 heterocycles. The van der Waals surface area contributed by atoms with Gasteiger partial charge in [0.05, 0.1) is 11.8 Å². The predicted molar refractivity (Wildman–Crippen MR) is 53.8 cm³/mol. The summed E-state index contributed by atoms with van der Waals surface area (Å²) in [4.78, 5) is 10.6. The molecular weight excluding hydrogens is 196 g/mol. The van der Waals surface area contributed by atoms with Crippen LogP contribution >= 0.6 is 0 Å². The summed E-state index contributed by atoms with van der Waals surface area (Å²) in [5.41, 5.74) is 0.553. The number of hydrogen-bond acceptors (Lipinski definition) is 4. The average Bonchev–Trinajstić information content (AvgIpc) is 2.63. The van der Waals surface area contributed by atoms with Gasteiger partial charge in [-0.2, -0.15) is 9.61 Å². The fourth-order valence-corrected chi connectivity index (χ4v) is 1.02. The molecule has 2 rings (SSSR count). The van der Waals surface area contributed by atoms with Crippen molar-refractivity contribution < 1.29 is 9.90 Å². The van der Waals surface area contributed by atoms with Gasteiger partial charge in [0.1, 0.15) is 0 Å². The third-order valence-corrected chi connectivity index (χ3v) is 1.66. The number of hydrogen-bond donors (Lipinski definition) is 1. The number of nitrogens with zero attached hydrogens (tertiary/aromatic N) is 4. The standard InChI is InChI=1S/C7H6N4O2.C2H6/c1-4-9-10-6-2-5(7(12)13)3-8-11(4)6;1-2/h2-3H,1H3,(H,12,13);1-2H3. The molecule has 80 valence electrons. The smallest absolute Gasteiger partial charge is 0.337 e. The van der Waals surface area contributed by atoms with E-state index < -0.39 is 5.97 Å². The first-order valence-corrected chi connectivity index (χ1v) is 4.60. The Bertz CT molecular complexity index is 478. The maximum atomic E-state index is 10.6. The highest BCUT2D eigenvalue weighted by Gasteiger charge is 2.07. The minimum Gasteiger partial charge on any atom is -0.478 e. The molecule has 0 radical (unpaired) electrons. The Morgan fingerprint density at radius 2 is 2.07 bits per heavy atom. The summed E-state index contributed by atoms with van der Waals surface area (Å²) in [5.74, 6) is -0.386. The first-order chi connectivity index (χ1) is 7.18. The number of carbonyl (C=O) groups is 1. The number of rotatable bonds is 1. The van der Waals surface area contributed by atoms with Crippen molar-refractivity contribution in [2.75, 3.05) is 0 Å². The van der Waals surface area contributed by atoms with Crippen LogP contribution in [0.1, 0.15) is 30.0 Å². The van der Waals surface area contributed by atoms with Gasteiger partial charge in [0.15, 0.2) is 11.5 Å². The molecule has 15 heavy (non-hydrogen) atoms. The number of carboxylic acid groups (broad SMARTS) is 1. The van der Waals surface area contributed by atoms with Crippen LogP contribution in [-0.4, -0.2) is 30.9 Å². The van der Waals surface area contributed by atoms with E-state index >= 15 is 0 Å². The monoisotopic (exact) mass is 208 g/mol. The van der Waals surface area contributed by atoms with Gasteiger partial charge in [-0.3, -0.25) is 0 Å². The van der Waals surface area contributed by atoms with E-state index in [4.69, 9.17) is 5.11 Å². The summed E-state index contributed by atoms with van der Waals surface area (Å²) in [6.07, 6.45) is 1.27. The minimum atomic E-state index is -1.02. The average molecular weight is 208 g/mol. The van der Waals surface area contributed by atoms with Crippen molar-refractivity contribution in [3.63, 3.8) is 0 Å². The second-order valence-electron chi connectivity index (χ2n) is 2.57. The lowest BCUT2D eigenvalue weighted by atomic mass is 10.3. The molecule has 1 N–H and O–H groups in total. The SMILES string of the molecule is CC.Cc1nnc2cc(C(=O)O)cnn12. The number of aromatic carboxylic acids is 1. The second kappa shape index (κ2) is 4.50. The van der Waals surface area contributed by atoms with E-state index in [0.29, 0.717) is 11.5 Å². The number of aromatic nitrogens is 4. The molecule has 0 aliphatic heterocycles. The van der Waals surface area contributed by atoms with E-state index in [1.54, 1.807) is 6.92 Å². The van der Waals surface area contributed by atoms with E-state index in [2.05, 4.69) is 15.3 Å². The van der Waals surface area contributed by atoms with Crippen molar-refractivity contribution in [2.45, 2.75) is 20.8 Å². The van der Waals surface area contributed by atoms with Crippen LogP contribution in [0.5, 0.6) is 0 Å². The Kier molecular flexibility index (Phi) is 3.33. The molecule has 0 spiro atoms. The molecule has 0 atom stereocenters. The van der Waals surface area contributed by atoms with Gasteiger partial charge < -0.3 is 5.11 Å². The van der Waals surface area contributed by atoms with Gasteiger partial charge in [-0.1, -0.05) is 13.8 Å². The Morgan fingerprint density at radius 1 is 1.40 bits per heavy atom. The molecule has 0 fully saturated rings. The zero-order valence-electron chi connectivity index (χ0n) is 8.80. The molecule has 0 saturated carbocycles.